The van der Waals surface area contributed by atoms with Gasteiger partial charge in [-0.05, 0) is 6.92 Å². The molecule has 0 saturated carbocycles. The summed E-state index contributed by atoms with van der Waals surface area (Å²) in [6, 6.07) is 1.74. The van der Waals surface area contributed by atoms with E-state index in [1.807, 2.05) is 14.1 Å². The van der Waals surface area contributed by atoms with Gasteiger partial charge in [0.05, 0.1) is 7.11 Å². The van der Waals surface area contributed by atoms with E-state index in [0.717, 1.165) is 0 Å². The molecule has 0 spiro atoms. The van der Waals surface area contributed by atoms with Gasteiger partial charge in [0, 0.05) is 25.9 Å². The van der Waals surface area contributed by atoms with E-state index in [1.54, 1.807) is 18.0 Å². The average Bonchev–Trinajstić information content (AvgIpc) is 2.14. The standard InChI is InChI=1S/C9H14N4O2/c1-6-5-7(12-13(2)3)11-8(10-6)9(14)15-4/h5H,1-4H3,(H,10,11,12). The van der Waals surface area contributed by atoms with E-state index < -0.39 is 5.97 Å². The van der Waals surface area contributed by atoms with Crippen molar-refractivity contribution in [1.29, 1.82) is 0 Å². The van der Waals surface area contributed by atoms with Gasteiger partial charge in [-0.3, -0.25) is 0 Å². The molecule has 15 heavy (non-hydrogen) atoms. The summed E-state index contributed by atoms with van der Waals surface area (Å²) >= 11 is 0. The lowest BCUT2D eigenvalue weighted by molar-refractivity contribution is 0.0586. The van der Waals surface area contributed by atoms with E-state index >= 15 is 0 Å². The van der Waals surface area contributed by atoms with Crippen LogP contribution in [0.5, 0.6) is 0 Å². The Morgan fingerprint density at radius 1 is 1.47 bits per heavy atom. The first-order valence-electron chi connectivity index (χ1n) is 4.41. The topological polar surface area (TPSA) is 67.3 Å². The molecule has 0 aliphatic heterocycles. The fourth-order valence-electron chi connectivity index (χ4n) is 1.04. The predicted octanol–water partition coefficient (Wildman–Crippen LogP) is 0.460. The molecule has 0 bridgehead atoms. The van der Waals surface area contributed by atoms with E-state index in [0.29, 0.717) is 11.5 Å². The molecule has 0 amide bonds. The molecule has 0 saturated heterocycles. The number of carbonyl (C=O) groups excluding carboxylic acids is 1. The minimum absolute atomic E-state index is 0.0573. The van der Waals surface area contributed by atoms with E-state index in [9.17, 15) is 4.79 Å². The number of methoxy groups -OCH3 is 1. The van der Waals surface area contributed by atoms with Crippen molar-refractivity contribution in [3.63, 3.8) is 0 Å². The third-order valence-corrected chi connectivity index (χ3v) is 1.56. The summed E-state index contributed by atoms with van der Waals surface area (Å²) in [4.78, 5) is 19.2. The number of nitrogens with zero attached hydrogens (tertiary/aromatic N) is 3. The molecule has 1 aromatic heterocycles. The number of hydrogen-bond acceptors (Lipinski definition) is 6. The van der Waals surface area contributed by atoms with Gasteiger partial charge in [-0.1, -0.05) is 0 Å². The van der Waals surface area contributed by atoms with Crippen molar-refractivity contribution in [3.05, 3.63) is 17.6 Å². The van der Waals surface area contributed by atoms with Gasteiger partial charge in [0.2, 0.25) is 5.82 Å². The van der Waals surface area contributed by atoms with Crippen LogP contribution in [-0.4, -0.2) is 42.2 Å². The van der Waals surface area contributed by atoms with E-state index in [2.05, 4.69) is 20.1 Å². The van der Waals surface area contributed by atoms with Gasteiger partial charge in [-0.15, -0.1) is 0 Å². The third kappa shape index (κ3) is 3.17. The first-order chi connectivity index (χ1) is 7.02. The monoisotopic (exact) mass is 210 g/mol. The third-order valence-electron chi connectivity index (χ3n) is 1.56. The zero-order valence-corrected chi connectivity index (χ0v) is 9.24. The maximum atomic E-state index is 11.2. The summed E-state index contributed by atoms with van der Waals surface area (Å²) in [6.07, 6.45) is 0. The molecule has 0 radical (unpaired) electrons. The summed E-state index contributed by atoms with van der Waals surface area (Å²) in [5.74, 6) is 0.0789. The van der Waals surface area contributed by atoms with Crippen LogP contribution in [-0.2, 0) is 4.74 Å². The number of nitrogens with one attached hydrogen (secondary N) is 1. The van der Waals surface area contributed by atoms with Crippen LogP contribution in [0.25, 0.3) is 0 Å². The first kappa shape index (κ1) is 11.4. The zero-order valence-electron chi connectivity index (χ0n) is 9.24. The fourth-order valence-corrected chi connectivity index (χ4v) is 1.04. The van der Waals surface area contributed by atoms with Crippen molar-refractivity contribution in [2.75, 3.05) is 26.6 Å². The smallest absolute Gasteiger partial charge is 0.376 e. The van der Waals surface area contributed by atoms with Crippen molar-refractivity contribution < 1.29 is 9.53 Å². The Morgan fingerprint density at radius 2 is 2.13 bits per heavy atom. The second-order valence-corrected chi connectivity index (χ2v) is 3.22. The maximum Gasteiger partial charge on any atom is 0.376 e. The molecule has 0 aliphatic rings. The van der Waals surface area contributed by atoms with Crippen LogP contribution in [0, 0.1) is 6.92 Å². The summed E-state index contributed by atoms with van der Waals surface area (Å²) in [5, 5.41) is 1.73. The van der Waals surface area contributed by atoms with Crippen LogP contribution >= 0.6 is 0 Å². The molecule has 1 N–H and O–H groups in total. The Kier molecular flexibility index (Phi) is 3.56. The Hall–Kier alpha value is -1.69. The van der Waals surface area contributed by atoms with Crippen LogP contribution in [0.15, 0.2) is 6.07 Å². The molecule has 0 atom stereocenters. The molecule has 82 valence electrons. The number of hydrazine groups is 1. The van der Waals surface area contributed by atoms with E-state index in [-0.39, 0.29) is 5.82 Å². The molecule has 0 unspecified atom stereocenters. The highest BCUT2D eigenvalue weighted by atomic mass is 16.5. The van der Waals surface area contributed by atoms with Crippen molar-refractivity contribution in [3.8, 4) is 0 Å². The number of aromatic nitrogens is 2. The zero-order chi connectivity index (χ0) is 11.4. The van der Waals surface area contributed by atoms with Gasteiger partial charge in [0.1, 0.15) is 5.82 Å². The van der Waals surface area contributed by atoms with E-state index in [4.69, 9.17) is 0 Å². The summed E-state index contributed by atoms with van der Waals surface area (Å²) in [7, 11) is 4.96. The Morgan fingerprint density at radius 3 is 2.67 bits per heavy atom. The molecule has 0 fully saturated rings. The number of esters is 1. The second kappa shape index (κ2) is 4.70. The molecular formula is C9H14N4O2. The Bertz CT molecular complexity index is 365. The SMILES string of the molecule is COC(=O)c1nc(C)cc(NN(C)C)n1. The minimum Gasteiger partial charge on any atom is -0.463 e. The Labute approximate surface area is 88.3 Å². The molecule has 6 nitrogen and oxygen atoms in total. The van der Waals surface area contributed by atoms with Gasteiger partial charge in [0.25, 0.3) is 0 Å². The minimum atomic E-state index is -0.541. The number of aryl methyl sites for hydroxylation is 1. The lowest BCUT2D eigenvalue weighted by atomic mass is 10.4. The van der Waals surface area contributed by atoms with Gasteiger partial charge >= 0.3 is 5.97 Å². The van der Waals surface area contributed by atoms with Crippen LogP contribution < -0.4 is 5.43 Å². The van der Waals surface area contributed by atoms with Crippen molar-refractivity contribution in [2.45, 2.75) is 6.92 Å². The number of hydrogen-bond donors (Lipinski definition) is 1. The van der Waals surface area contributed by atoms with Gasteiger partial charge in [-0.25, -0.2) is 19.8 Å². The highest BCUT2D eigenvalue weighted by Crippen LogP contribution is 2.06. The molecule has 1 heterocycles. The molecule has 1 rings (SSSR count). The molecule has 0 aromatic carbocycles. The largest absolute Gasteiger partial charge is 0.463 e. The van der Waals surface area contributed by atoms with Crippen molar-refractivity contribution in [1.82, 2.24) is 15.0 Å². The van der Waals surface area contributed by atoms with E-state index in [1.165, 1.54) is 7.11 Å². The first-order valence-corrected chi connectivity index (χ1v) is 4.41. The summed E-state index contributed by atoms with van der Waals surface area (Å²) < 4.78 is 4.55. The maximum absolute atomic E-state index is 11.2. The van der Waals surface area contributed by atoms with Crippen molar-refractivity contribution in [2.24, 2.45) is 0 Å². The Balaban J connectivity index is 2.99. The normalized spacial score (nSPS) is 10.2. The van der Waals surface area contributed by atoms with Gasteiger partial charge in [-0.2, -0.15) is 0 Å². The summed E-state index contributed by atoms with van der Waals surface area (Å²) in [5.41, 5.74) is 3.64. The van der Waals surface area contributed by atoms with Crippen LogP contribution in [0.4, 0.5) is 5.82 Å². The molecule has 0 aliphatic carbocycles. The fraction of sp³-hybridized carbons (Fsp3) is 0.444. The lowest BCUT2D eigenvalue weighted by Gasteiger charge is -2.13. The van der Waals surface area contributed by atoms with Gasteiger partial charge < -0.3 is 10.2 Å². The van der Waals surface area contributed by atoms with Crippen molar-refractivity contribution >= 4 is 11.8 Å². The van der Waals surface area contributed by atoms with Crippen LogP contribution in [0.3, 0.4) is 0 Å². The molecule has 1 aromatic rings. The molecule has 6 heteroatoms. The predicted molar refractivity (Wildman–Crippen MR) is 55.4 cm³/mol. The van der Waals surface area contributed by atoms with Crippen LogP contribution in [0.2, 0.25) is 0 Å². The number of anilines is 1. The number of ether oxygens (including phenoxy) is 1. The number of rotatable bonds is 3. The van der Waals surface area contributed by atoms with Crippen LogP contribution in [0.1, 0.15) is 16.3 Å². The highest BCUT2D eigenvalue weighted by molar-refractivity contribution is 5.85. The quantitative estimate of drug-likeness (QED) is 0.577. The lowest BCUT2D eigenvalue weighted by Crippen LogP contribution is -2.21. The molecular weight excluding hydrogens is 196 g/mol. The van der Waals surface area contributed by atoms with Gasteiger partial charge in [0.15, 0.2) is 0 Å². The highest BCUT2D eigenvalue weighted by Gasteiger charge is 2.11. The summed E-state index contributed by atoms with van der Waals surface area (Å²) in [6.45, 7) is 1.79. The average molecular weight is 210 g/mol. The number of carbonyl (C=O) groups is 1. The second-order valence-electron chi connectivity index (χ2n) is 3.22.